The van der Waals surface area contributed by atoms with E-state index in [1.807, 2.05) is 30.3 Å². The van der Waals surface area contributed by atoms with Gasteiger partial charge in [0.2, 0.25) is 0 Å². The van der Waals surface area contributed by atoms with E-state index in [0.29, 0.717) is 5.71 Å². The highest BCUT2D eigenvalue weighted by atomic mass is 16.6. The van der Waals surface area contributed by atoms with E-state index in [2.05, 4.69) is 5.16 Å². The summed E-state index contributed by atoms with van der Waals surface area (Å²) >= 11 is 0. The van der Waals surface area contributed by atoms with Crippen LogP contribution in [0.3, 0.4) is 0 Å². The second-order valence-electron chi connectivity index (χ2n) is 2.65. The fourth-order valence-electron chi connectivity index (χ4n) is 1.17. The number of rotatable bonds is 1. The summed E-state index contributed by atoms with van der Waals surface area (Å²) in [5.41, 5.74) is 1.54. The molecule has 2 rings (SSSR count). The molecular formula is C9H9NO2. The zero-order chi connectivity index (χ0) is 8.39. The Morgan fingerprint density at radius 3 is 2.67 bits per heavy atom. The zero-order valence-corrected chi connectivity index (χ0v) is 6.47. The summed E-state index contributed by atoms with van der Waals surface area (Å²) in [5.74, 6) is 0. The minimum absolute atomic E-state index is 0.268. The molecule has 1 atom stereocenters. The van der Waals surface area contributed by atoms with Gasteiger partial charge in [-0.25, -0.2) is 0 Å². The third kappa shape index (κ3) is 1.19. The summed E-state index contributed by atoms with van der Waals surface area (Å²) in [6.07, 6.45) is -0.576. The average molecular weight is 163 g/mol. The van der Waals surface area contributed by atoms with E-state index in [0.717, 1.165) is 5.56 Å². The van der Waals surface area contributed by atoms with Crippen molar-refractivity contribution in [1.82, 2.24) is 0 Å². The molecule has 1 aromatic rings. The van der Waals surface area contributed by atoms with Crippen molar-refractivity contribution in [2.45, 2.75) is 6.10 Å². The van der Waals surface area contributed by atoms with Crippen LogP contribution in [0.1, 0.15) is 5.56 Å². The first-order valence-corrected chi connectivity index (χ1v) is 3.81. The molecule has 0 aromatic heterocycles. The van der Waals surface area contributed by atoms with Gasteiger partial charge in [-0.3, -0.25) is 0 Å². The number of oxime groups is 1. The monoisotopic (exact) mass is 163 g/mol. The third-order valence-corrected chi connectivity index (χ3v) is 1.78. The van der Waals surface area contributed by atoms with E-state index in [4.69, 9.17) is 4.84 Å². The molecule has 1 unspecified atom stereocenters. The maximum atomic E-state index is 9.39. The van der Waals surface area contributed by atoms with Gasteiger partial charge in [0.25, 0.3) is 0 Å². The van der Waals surface area contributed by atoms with Crippen molar-refractivity contribution < 1.29 is 9.94 Å². The molecule has 1 aliphatic heterocycles. The van der Waals surface area contributed by atoms with Crippen molar-refractivity contribution in [3.63, 3.8) is 0 Å². The molecule has 0 spiro atoms. The van der Waals surface area contributed by atoms with Gasteiger partial charge in [0.15, 0.2) is 0 Å². The third-order valence-electron chi connectivity index (χ3n) is 1.78. The first-order valence-electron chi connectivity index (χ1n) is 3.81. The van der Waals surface area contributed by atoms with Crippen LogP contribution in [-0.4, -0.2) is 23.5 Å². The molecule has 3 nitrogen and oxygen atoms in total. The normalized spacial score (nSPS) is 21.8. The molecule has 0 saturated carbocycles. The van der Waals surface area contributed by atoms with Crippen LogP contribution in [0.2, 0.25) is 0 Å². The highest BCUT2D eigenvalue weighted by Crippen LogP contribution is 2.10. The van der Waals surface area contributed by atoms with E-state index in [1.54, 1.807) is 0 Å². The molecule has 62 valence electrons. The van der Waals surface area contributed by atoms with E-state index in [9.17, 15) is 5.11 Å². The van der Waals surface area contributed by atoms with Gasteiger partial charge in [-0.15, -0.1) is 0 Å². The zero-order valence-electron chi connectivity index (χ0n) is 6.47. The summed E-state index contributed by atoms with van der Waals surface area (Å²) in [4.78, 5) is 4.76. The topological polar surface area (TPSA) is 41.8 Å². The Morgan fingerprint density at radius 2 is 2.08 bits per heavy atom. The predicted molar refractivity (Wildman–Crippen MR) is 44.9 cm³/mol. The molecule has 0 radical (unpaired) electrons. The number of nitrogens with zero attached hydrogens (tertiary/aromatic N) is 1. The van der Waals surface area contributed by atoms with Gasteiger partial charge in [-0.1, -0.05) is 35.5 Å². The highest BCUT2D eigenvalue weighted by molar-refractivity contribution is 6.04. The van der Waals surface area contributed by atoms with E-state index in [-0.39, 0.29) is 6.61 Å². The standard InChI is InChI=1S/C9H9NO2/c11-8-6-12-10-9(8)7-4-2-1-3-5-7/h1-5,8,11H,6H2. The molecule has 0 saturated heterocycles. The summed E-state index contributed by atoms with van der Waals surface area (Å²) in [6, 6.07) is 9.53. The Balaban J connectivity index is 2.31. The lowest BCUT2D eigenvalue weighted by atomic mass is 10.1. The molecule has 3 heteroatoms. The Hall–Kier alpha value is -1.35. The second-order valence-corrected chi connectivity index (χ2v) is 2.65. The van der Waals surface area contributed by atoms with Crippen molar-refractivity contribution in [2.24, 2.45) is 5.16 Å². The van der Waals surface area contributed by atoms with Crippen molar-refractivity contribution in [2.75, 3.05) is 6.61 Å². The van der Waals surface area contributed by atoms with Crippen LogP contribution in [0.15, 0.2) is 35.5 Å². The number of benzene rings is 1. The molecule has 12 heavy (non-hydrogen) atoms. The quantitative estimate of drug-likeness (QED) is 0.664. The maximum Gasteiger partial charge on any atom is 0.148 e. The summed E-state index contributed by atoms with van der Waals surface area (Å²) < 4.78 is 0. The fraction of sp³-hybridized carbons (Fsp3) is 0.222. The lowest BCUT2D eigenvalue weighted by molar-refractivity contribution is 0.105. The molecule has 1 N–H and O–H groups in total. The second kappa shape index (κ2) is 2.95. The van der Waals surface area contributed by atoms with Crippen LogP contribution in [0, 0.1) is 0 Å². The minimum atomic E-state index is -0.576. The van der Waals surface area contributed by atoms with E-state index >= 15 is 0 Å². The summed E-state index contributed by atoms with van der Waals surface area (Å²) in [7, 11) is 0. The number of aliphatic hydroxyl groups excluding tert-OH is 1. The maximum absolute atomic E-state index is 9.39. The van der Waals surface area contributed by atoms with Gasteiger partial charge in [-0.2, -0.15) is 0 Å². The Morgan fingerprint density at radius 1 is 1.33 bits per heavy atom. The van der Waals surface area contributed by atoms with Gasteiger partial charge in [0.1, 0.15) is 18.4 Å². The van der Waals surface area contributed by atoms with Crippen molar-refractivity contribution in [3.8, 4) is 0 Å². The molecule has 1 aromatic carbocycles. The molecule has 1 aliphatic rings. The van der Waals surface area contributed by atoms with Crippen LogP contribution >= 0.6 is 0 Å². The lowest BCUT2D eigenvalue weighted by Crippen LogP contribution is -2.19. The Labute approximate surface area is 70.3 Å². The summed E-state index contributed by atoms with van der Waals surface area (Å²) in [6.45, 7) is 0.268. The molecule has 0 bridgehead atoms. The van der Waals surface area contributed by atoms with Crippen molar-refractivity contribution >= 4 is 5.71 Å². The average Bonchev–Trinajstić information content (AvgIpc) is 2.53. The number of hydrogen-bond donors (Lipinski definition) is 1. The highest BCUT2D eigenvalue weighted by Gasteiger charge is 2.21. The largest absolute Gasteiger partial charge is 0.392 e. The Kier molecular flexibility index (Phi) is 1.80. The first-order chi connectivity index (χ1) is 5.88. The smallest absolute Gasteiger partial charge is 0.148 e. The van der Waals surface area contributed by atoms with E-state index in [1.165, 1.54) is 0 Å². The SMILES string of the molecule is OC1CON=C1c1ccccc1. The molecular weight excluding hydrogens is 154 g/mol. The fourth-order valence-corrected chi connectivity index (χ4v) is 1.17. The van der Waals surface area contributed by atoms with Gasteiger partial charge >= 0.3 is 0 Å². The van der Waals surface area contributed by atoms with Crippen LogP contribution in [0.5, 0.6) is 0 Å². The van der Waals surface area contributed by atoms with Gasteiger partial charge in [-0.05, 0) is 0 Å². The number of hydrogen-bond acceptors (Lipinski definition) is 3. The minimum Gasteiger partial charge on any atom is -0.392 e. The van der Waals surface area contributed by atoms with E-state index < -0.39 is 6.10 Å². The van der Waals surface area contributed by atoms with Gasteiger partial charge in [0.05, 0.1) is 0 Å². The van der Waals surface area contributed by atoms with Gasteiger partial charge < -0.3 is 9.94 Å². The molecule has 0 fully saturated rings. The van der Waals surface area contributed by atoms with Crippen LogP contribution < -0.4 is 0 Å². The molecule has 0 amide bonds. The van der Waals surface area contributed by atoms with Crippen LogP contribution in [0.25, 0.3) is 0 Å². The molecule has 1 heterocycles. The van der Waals surface area contributed by atoms with Crippen LogP contribution in [-0.2, 0) is 4.84 Å². The predicted octanol–water partition coefficient (Wildman–Crippen LogP) is 0.782. The first kappa shape index (κ1) is 7.31. The summed E-state index contributed by atoms with van der Waals surface area (Å²) in [5, 5.41) is 13.1. The molecule has 0 aliphatic carbocycles. The van der Waals surface area contributed by atoms with Crippen molar-refractivity contribution in [3.05, 3.63) is 35.9 Å². The Bertz CT molecular complexity index is 295. The number of aliphatic hydroxyl groups is 1. The van der Waals surface area contributed by atoms with Crippen molar-refractivity contribution in [1.29, 1.82) is 0 Å². The lowest BCUT2D eigenvalue weighted by Gasteiger charge is -2.01. The van der Waals surface area contributed by atoms with Gasteiger partial charge in [0, 0.05) is 5.56 Å². The van der Waals surface area contributed by atoms with Crippen LogP contribution in [0.4, 0.5) is 0 Å².